The number of amides is 2. The third kappa shape index (κ3) is 8.71. The summed E-state index contributed by atoms with van der Waals surface area (Å²) in [6, 6.07) is 6.01. The fraction of sp³-hybridized carbons (Fsp3) is 0.533. The highest BCUT2D eigenvalue weighted by atomic mass is 19.4. The molecule has 4 rings (SSSR count). The van der Waals surface area contributed by atoms with Crippen molar-refractivity contribution in [3.63, 3.8) is 0 Å². The van der Waals surface area contributed by atoms with Crippen LogP contribution in [0.2, 0.25) is 0 Å². The Hall–Kier alpha value is -3.27. The summed E-state index contributed by atoms with van der Waals surface area (Å²) in [6.07, 6.45) is -10.9. The fourth-order valence-electron chi connectivity index (χ4n) is 5.78. The van der Waals surface area contributed by atoms with Crippen molar-refractivity contribution in [2.24, 2.45) is 0 Å². The first-order chi connectivity index (χ1) is 21.0. The van der Waals surface area contributed by atoms with Gasteiger partial charge < -0.3 is 19.8 Å². The predicted octanol–water partition coefficient (Wildman–Crippen LogP) is 4.23. The van der Waals surface area contributed by atoms with Crippen LogP contribution in [0.25, 0.3) is 0 Å². The number of unbranched alkanes of at least 4 members (excludes halogenated alkanes) is 1. The monoisotopic (exact) mass is 647 g/mol. The maximum Gasteiger partial charge on any atom is 0.416 e. The molecule has 15 heteroatoms. The summed E-state index contributed by atoms with van der Waals surface area (Å²) in [6.45, 7) is 0.192. The second-order valence-corrected chi connectivity index (χ2v) is 11.6. The van der Waals surface area contributed by atoms with Crippen LogP contribution < -0.4 is 5.32 Å². The molecule has 2 unspecified atom stereocenters. The van der Waals surface area contributed by atoms with Crippen LogP contribution in [-0.2, 0) is 35.0 Å². The smallest absolute Gasteiger partial charge is 0.365 e. The minimum absolute atomic E-state index is 0.0138. The van der Waals surface area contributed by atoms with E-state index in [1.807, 2.05) is 19.0 Å². The van der Waals surface area contributed by atoms with Crippen molar-refractivity contribution >= 4 is 11.8 Å². The molecule has 2 fully saturated rings. The number of nitrogens with one attached hydrogen (secondary N) is 1. The van der Waals surface area contributed by atoms with Gasteiger partial charge in [-0.15, -0.1) is 0 Å². The Morgan fingerprint density at radius 3 is 2.24 bits per heavy atom. The molecule has 2 N–H and O–H groups in total. The van der Waals surface area contributed by atoms with Crippen LogP contribution >= 0.6 is 0 Å². The standard InChI is InChI=1S/C30H36F7N5O3/c1-39(2)10-4-3-8-24-27(44)40(17-19-6-5-7-23(31)14-19)18-25-41(11-9-26(43)42(24)25)28(45)38-16-20-12-21(29(32,33)34)15-22(13-20)30(35,36)37/h5-7,12-15,24-25,28,38,45H,3-4,8-11,16-18H2,1-2H3/t24-,25?,28?/m0/s1. The van der Waals surface area contributed by atoms with Gasteiger partial charge in [0.2, 0.25) is 11.8 Å². The van der Waals surface area contributed by atoms with Crippen molar-refractivity contribution in [1.29, 1.82) is 0 Å². The number of carbonyl (C=O) groups excluding carboxylic acids is 2. The first-order valence-corrected chi connectivity index (χ1v) is 14.5. The van der Waals surface area contributed by atoms with E-state index in [0.29, 0.717) is 30.5 Å². The number of aliphatic hydroxyl groups is 1. The minimum atomic E-state index is -5.02. The molecule has 3 atom stereocenters. The van der Waals surface area contributed by atoms with Crippen LogP contribution in [0.3, 0.4) is 0 Å². The minimum Gasteiger partial charge on any atom is -0.365 e. The lowest BCUT2D eigenvalue weighted by Gasteiger charge is -2.53. The van der Waals surface area contributed by atoms with Crippen molar-refractivity contribution in [3.05, 3.63) is 70.5 Å². The van der Waals surface area contributed by atoms with E-state index in [0.717, 1.165) is 13.0 Å². The predicted molar refractivity (Wildman–Crippen MR) is 149 cm³/mol. The Morgan fingerprint density at radius 2 is 1.64 bits per heavy atom. The van der Waals surface area contributed by atoms with Crippen LogP contribution in [0.15, 0.2) is 42.5 Å². The lowest BCUT2D eigenvalue weighted by Crippen LogP contribution is -2.72. The molecule has 8 nitrogen and oxygen atoms in total. The van der Waals surface area contributed by atoms with Crippen molar-refractivity contribution in [3.8, 4) is 0 Å². The lowest BCUT2D eigenvalue weighted by molar-refractivity contribution is -0.185. The van der Waals surface area contributed by atoms with Gasteiger partial charge in [0.15, 0.2) is 6.35 Å². The van der Waals surface area contributed by atoms with Gasteiger partial charge in [-0.25, -0.2) is 9.29 Å². The first-order valence-electron chi connectivity index (χ1n) is 14.5. The Morgan fingerprint density at radius 1 is 0.978 bits per heavy atom. The zero-order valence-electron chi connectivity index (χ0n) is 24.8. The molecule has 0 bridgehead atoms. The maximum atomic E-state index is 13.9. The Labute approximate surface area is 256 Å². The molecule has 2 aromatic carbocycles. The molecular formula is C30H36F7N5O3. The van der Waals surface area contributed by atoms with Gasteiger partial charge in [0.05, 0.1) is 17.7 Å². The Kier molecular flexibility index (Phi) is 10.8. The number of benzene rings is 2. The molecule has 2 saturated heterocycles. The van der Waals surface area contributed by atoms with E-state index < -0.39 is 54.4 Å². The molecule has 0 saturated carbocycles. The van der Waals surface area contributed by atoms with Crippen LogP contribution in [0, 0.1) is 5.82 Å². The molecule has 0 aromatic heterocycles. The number of carbonyl (C=O) groups is 2. The van der Waals surface area contributed by atoms with Crippen LogP contribution in [0.5, 0.6) is 0 Å². The zero-order chi connectivity index (χ0) is 33.1. The number of piperazine rings is 1. The van der Waals surface area contributed by atoms with Crippen LogP contribution in [0.4, 0.5) is 30.7 Å². The van der Waals surface area contributed by atoms with Gasteiger partial charge in [0.1, 0.15) is 18.0 Å². The van der Waals surface area contributed by atoms with Gasteiger partial charge in [0.25, 0.3) is 0 Å². The molecule has 0 spiro atoms. The number of alkyl halides is 6. The summed E-state index contributed by atoms with van der Waals surface area (Å²) in [5.41, 5.74) is -2.80. The highest BCUT2D eigenvalue weighted by Gasteiger charge is 2.48. The normalized spacial score (nSPS) is 20.6. The average molecular weight is 648 g/mol. The number of nitrogens with zero attached hydrogens (tertiary/aromatic N) is 4. The molecule has 0 aliphatic carbocycles. The van der Waals surface area contributed by atoms with Crippen LogP contribution in [0.1, 0.15) is 47.9 Å². The van der Waals surface area contributed by atoms with E-state index in [9.17, 15) is 45.4 Å². The topological polar surface area (TPSA) is 79.4 Å². The molecule has 2 amide bonds. The molecular weight excluding hydrogens is 611 g/mol. The van der Waals surface area contributed by atoms with Gasteiger partial charge in [-0.2, -0.15) is 26.3 Å². The third-order valence-electron chi connectivity index (χ3n) is 7.94. The second kappa shape index (κ2) is 14.0. The molecule has 2 aliphatic rings. The highest BCUT2D eigenvalue weighted by molar-refractivity contribution is 5.89. The summed E-state index contributed by atoms with van der Waals surface area (Å²) in [4.78, 5) is 33.2. The Balaban J connectivity index is 1.57. The molecule has 248 valence electrons. The quantitative estimate of drug-likeness (QED) is 0.216. The Bertz CT molecular complexity index is 1320. The van der Waals surface area contributed by atoms with E-state index in [2.05, 4.69) is 5.32 Å². The van der Waals surface area contributed by atoms with Gasteiger partial charge in [-0.3, -0.25) is 14.9 Å². The number of fused-ring (bicyclic) bond motifs is 1. The molecule has 0 radical (unpaired) electrons. The number of hydrogen-bond donors (Lipinski definition) is 2. The third-order valence-corrected chi connectivity index (χ3v) is 7.94. The number of halogens is 7. The lowest BCUT2D eigenvalue weighted by atomic mass is 9.98. The molecule has 2 aliphatic heterocycles. The number of rotatable bonds is 11. The first kappa shape index (κ1) is 34.6. The van der Waals surface area contributed by atoms with E-state index in [-0.39, 0.29) is 49.5 Å². The van der Waals surface area contributed by atoms with Gasteiger partial charge in [0, 0.05) is 26.1 Å². The van der Waals surface area contributed by atoms with E-state index in [1.54, 1.807) is 6.07 Å². The second-order valence-electron chi connectivity index (χ2n) is 11.6. The summed E-state index contributed by atoms with van der Waals surface area (Å²) < 4.78 is 94.0. The fourth-order valence-corrected chi connectivity index (χ4v) is 5.78. The largest absolute Gasteiger partial charge is 0.416 e. The van der Waals surface area contributed by atoms with Crippen molar-refractivity contribution in [1.82, 2.24) is 24.9 Å². The zero-order valence-corrected chi connectivity index (χ0v) is 24.8. The van der Waals surface area contributed by atoms with E-state index >= 15 is 0 Å². The van der Waals surface area contributed by atoms with Crippen LogP contribution in [-0.4, -0.2) is 88.8 Å². The summed E-state index contributed by atoms with van der Waals surface area (Å²) >= 11 is 0. The van der Waals surface area contributed by atoms with E-state index in [1.165, 1.54) is 32.9 Å². The summed E-state index contributed by atoms with van der Waals surface area (Å²) in [5, 5.41) is 13.7. The SMILES string of the molecule is CN(C)CCCC[C@H]1C(=O)N(Cc2cccc(F)c2)CC2N(C(O)NCc3cc(C(F)(F)F)cc(C(F)(F)F)c3)CCC(=O)N21. The van der Waals surface area contributed by atoms with Crippen molar-refractivity contribution < 1.29 is 45.4 Å². The molecule has 2 heterocycles. The van der Waals surface area contributed by atoms with Crippen molar-refractivity contribution in [2.45, 2.75) is 69.7 Å². The molecule has 45 heavy (non-hydrogen) atoms. The number of aliphatic hydroxyl groups excluding tert-OH is 1. The summed E-state index contributed by atoms with van der Waals surface area (Å²) in [7, 11) is 3.82. The highest BCUT2D eigenvalue weighted by Crippen LogP contribution is 2.36. The summed E-state index contributed by atoms with van der Waals surface area (Å²) in [5.74, 6) is -1.13. The molecule has 2 aromatic rings. The average Bonchev–Trinajstić information content (AvgIpc) is 2.94. The number of hydrogen-bond acceptors (Lipinski definition) is 6. The maximum absolute atomic E-state index is 13.9. The van der Waals surface area contributed by atoms with Gasteiger partial charge >= 0.3 is 12.4 Å². The van der Waals surface area contributed by atoms with Crippen molar-refractivity contribution in [2.75, 3.05) is 33.7 Å². The van der Waals surface area contributed by atoms with Gasteiger partial charge in [-0.1, -0.05) is 12.1 Å². The van der Waals surface area contributed by atoms with Gasteiger partial charge in [-0.05, 0) is 81.4 Å². The van der Waals surface area contributed by atoms with E-state index in [4.69, 9.17) is 0 Å².